The van der Waals surface area contributed by atoms with Gasteiger partial charge in [0.05, 0.1) is 4.92 Å². The van der Waals surface area contributed by atoms with Crippen LogP contribution in [-0.2, 0) is 11.2 Å². The van der Waals surface area contributed by atoms with Crippen molar-refractivity contribution in [2.75, 3.05) is 0 Å². The number of nitro groups is 1. The number of aromatic nitrogens is 2. The number of hydrogen-bond donors (Lipinski definition) is 1. The molecule has 0 saturated carbocycles. The van der Waals surface area contributed by atoms with E-state index in [2.05, 4.69) is 5.10 Å². The van der Waals surface area contributed by atoms with E-state index in [1.165, 1.54) is 6.92 Å². The molecule has 0 radical (unpaired) electrons. The van der Waals surface area contributed by atoms with E-state index in [-0.39, 0.29) is 5.69 Å². The molecule has 1 aromatic heterocycles. The molecule has 0 saturated heterocycles. The second-order valence-electron chi connectivity index (χ2n) is 3.07. The maximum absolute atomic E-state index is 10.6. The van der Waals surface area contributed by atoms with Crippen molar-refractivity contribution in [2.24, 2.45) is 0 Å². The molecule has 82 valence electrons. The van der Waals surface area contributed by atoms with Crippen molar-refractivity contribution >= 4 is 11.7 Å². The van der Waals surface area contributed by atoms with Gasteiger partial charge >= 0.3 is 11.7 Å². The van der Waals surface area contributed by atoms with Gasteiger partial charge in [-0.15, -0.1) is 0 Å². The molecule has 0 aromatic carbocycles. The third kappa shape index (κ3) is 2.12. The third-order valence-corrected chi connectivity index (χ3v) is 2.07. The second-order valence-corrected chi connectivity index (χ2v) is 3.07. The topological polar surface area (TPSA) is 98.3 Å². The molecule has 7 nitrogen and oxygen atoms in total. The normalized spacial score (nSPS) is 12.4. The van der Waals surface area contributed by atoms with Crippen LogP contribution < -0.4 is 0 Å². The van der Waals surface area contributed by atoms with Gasteiger partial charge in [0, 0.05) is 0 Å². The molecule has 0 aliphatic rings. The van der Waals surface area contributed by atoms with Crippen LogP contribution in [0.4, 0.5) is 5.69 Å². The maximum Gasteiger partial charge on any atom is 0.328 e. The lowest BCUT2D eigenvalue weighted by Crippen LogP contribution is -2.16. The van der Waals surface area contributed by atoms with E-state index in [9.17, 15) is 14.9 Å². The zero-order valence-electron chi connectivity index (χ0n) is 8.38. The molecule has 1 N–H and O–H groups in total. The lowest BCUT2D eigenvalue weighted by Gasteiger charge is -2.04. The van der Waals surface area contributed by atoms with Crippen molar-refractivity contribution in [3.63, 3.8) is 0 Å². The van der Waals surface area contributed by atoms with Crippen molar-refractivity contribution in [3.8, 4) is 0 Å². The first-order valence-electron chi connectivity index (χ1n) is 4.42. The molecule has 15 heavy (non-hydrogen) atoms. The standard InChI is InChI=1S/C8H11N3O4/c1-3-6-7(11(14)15)4-10(9-6)5(2)8(12)13/h4-5H,3H2,1-2H3,(H,12,13). The Morgan fingerprint density at radius 1 is 1.80 bits per heavy atom. The summed E-state index contributed by atoms with van der Waals surface area (Å²) in [6, 6.07) is -0.899. The summed E-state index contributed by atoms with van der Waals surface area (Å²) in [5.41, 5.74) is 0.165. The van der Waals surface area contributed by atoms with Crippen LogP contribution in [0.2, 0.25) is 0 Å². The lowest BCUT2D eigenvalue weighted by molar-refractivity contribution is -0.385. The van der Waals surface area contributed by atoms with Gasteiger partial charge in [0.15, 0.2) is 0 Å². The molecule has 7 heteroatoms. The number of hydrogen-bond acceptors (Lipinski definition) is 4. The molecule has 1 rings (SSSR count). The Morgan fingerprint density at radius 3 is 2.73 bits per heavy atom. The molecule has 0 aliphatic carbocycles. The predicted octanol–water partition coefficient (Wildman–Crippen LogP) is 0.999. The summed E-state index contributed by atoms with van der Waals surface area (Å²) in [5.74, 6) is -1.07. The van der Waals surface area contributed by atoms with E-state index in [1.807, 2.05) is 0 Å². The number of carboxylic acid groups (broad SMARTS) is 1. The fraction of sp³-hybridized carbons (Fsp3) is 0.500. The molecule has 0 aliphatic heterocycles. The quantitative estimate of drug-likeness (QED) is 0.594. The average molecular weight is 213 g/mol. The summed E-state index contributed by atoms with van der Waals surface area (Å²) in [6.45, 7) is 3.14. The fourth-order valence-electron chi connectivity index (χ4n) is 1.14. The van der Waals surface area contributed by atoms with Crippen LogP contribution in [-0.4, -0.2) is 25.8 Å². The maximum atomic E-state index is 10.6. The molecule has 0 fully saturated rings. The predicted molar refractivity (Wildman–Crippen MR) is 50.6 cm³/mol. The summed E-state index contributed by atoms with van der Waals surface area (Å²) >= 11 is 0. The summed E-state index contributed by atoms with van der Waals surface area (Å²) in [5, 5.41) is 23.2. The summed E-state index contributed by atoms with van der Waals surface area (Å²) in [7, 11) is 0. The molecule has 1 atom stereocenters. The van der Waals surface area contributed by atoms with Crippen molar-refractivity contribution in [2.45, 2.75) is 26.3 Å². The van der Waals surface area contributed by atoms with Gasteiger partial charge in [-0.05, 0) is 13.3 Å². The molecular weight excluding hydrogens is 202 g/mol. The van der Waals surface area contributed by atoms with Crippen LogP contribution in [0.25, 0.3) is 0 Å². The monoisotopic (exact) mass is 213 g/mol. The zero-order chi connectivity index (χ0) is 11.6. The van der Waals surface area contributed by atoms with Gasteiger partial charge in [0.2, 0.25) is 0 Å². The first kappa shape index (κ1) is 11.2. The summed E-state index contributed by atoms with van der Waals surface area (Å²) in [4.78, 5) is 20.7. The lowest BCUT2D eigenvalue weighted by atomic mass is 10.3. The minimum atomic E-state index is -1.07. The highest BCUT2D eigenvalue weighted by Crippen LogP contribution is 2.19. The number of carboxylic acids is 1. The van der Waals surface area contributed by atoms with Crippen LogP contribution in [0.15, 0.2) is 6.20 Å². The van der Waals surface area contributed by atoms with Crippen LogP contribution in [0, 0.1) is 10.1 Å². The SMILES string of the molecule is CCc1nn(C(C)C(=O)O)cc1[N+](=O)[O-]. The minimum absolute atomic E-state index is 0.134. The van der Waals surface area contributed by atoms with E-state index < -0.39 is 16.9 Å². The van der Waals surface area contributed by atoms with Crippen molar-refractivity contribution in [3.05, 3.63) is 22.0 Å². The number of aliphatic carboxylic acids is 1. The van der Waals surface area contributed by atoms with E-state index in [0.717, 1.165) is 10.9 Å². The van der Waals surface area contributed by atoms with Gasteiger partial charge < -0.3 is 5.11 Å². The van der Waals surface area contributed by atoms with Crippen molar-refractivity contribution in [1.29, 1.82) is 0 Å². The first-order chi connectivity index (χ1) is 6.97. The van der Waals surface area contributed by atoms with Gasteiger partial charge in [-0.25, -0.2) is 4.79 Å². The molecule has 0 amide bonds. The molecule has 1 unspecified atom stereocenters. The highest BCUT2D eigenvalue weighted by atomic mass is 16.6. The largest absolute Gasteiger partial charge is 0.480 e. The van der Waals surface area contributed by atoms with Gasteiger partial charge in [0.25, 0.3) is 0 Å². The van der Waals surface area contributed by atoms with Crippen molar-refractivity contribution < 1.29 is 14.8 Å². The molecule has 1 aromatic rings. The molecule has 1 heterocycles. The smallest absolute Gasteiger partial charge is 0.328 e. The Morgan fingerprint density at radius 2 is 2.40 bits per heavy atom. The highest BCUT2D eigenvalue weighted by Gasteiger charge is 2.22. The van der Waals surface area contributed by atoms with Crippen LogP contribution in [0.3, 0.4) is 0 Å². The Bertz CT molecular complexity index is 399. The van der Waals surface area contributed by atoms with E-state index in [0.29, 0.717) is 12.1 Å². The van der Waals surface area contributed by atoms with Gasteiger partial charge in [-0.3, -0.25) is 14.8 Å². The molecule has 0 bridgehead atoms. The van der Waals surface area contributed by atoms with Crippen molar-refractivity contribution in [1.82, 2.24) is 9.78 Å². The Labute approximate surface area is 85.5 Å². The van der Waals surface area contributed by atoms with E-state index in [4.69, 9.17) is 5.11 Å². The van der Waals surface area contributed by atoms with E-state index in [1.54, 1.807) is 6.92 Å². The second kappa shape index (κ2) is 4.07. The Balaban J connectivity index is 3.13. The van der Waals surface area contributed by atoms with Gasteiger partial charge in [-0.1, -0.05) is 6.92 Å². The molecular formula is C8H11N3O4. The number of aryl methyl sites for hydroxylation is 1. The first-order valence-corrected chi connectivity index (χ1v) is 4.42. The Kier molecular flexibility index (Phi) is 3.03. The van der Waals surface area contributed by atoms with E-state index >= 15 is 0 Å². The van der Waals surface area contributed by atoms with Gasteiger partial charge in [-0.2, -0.15) is 5.10 Å². The van der Waals surface area contributed by atoms with Crippen LogP contribution in [0.1, 0.15) is 25.6 Å². The highest BCUT2D eigenvalue weighted by molar-refractivity contribution is 5.71. The average Bonchev–Trinajstić information content (AvgIpc) is 2.59. The fourth-order valence-corrected chi connectivity index (χ4v) is 1.14. The third-order valence-electron chi connectivity index (χ3n) is 2.07. The molecule has 0 spiro atoms. The number of rotatable bonds is 4. The van der Waals surface area contributed by atoms with Crippen LogP contribution in [0.5, 0.6) is 0 Å². The van der Waals surface area contributed by atoms with Gasteiger partial charge in [0.1, 0.15) is 17.9 Å². The minimum Gasteiger partial charge on any atom is -0.480 e. The summed E-state index contributed by atoms with van der Waals surface area (Å²) < 4.78 is 1.10. The Hall–Kier alpha value is -1.92. The van der Waals surface area contributed by atoms with Crippen LogP contribution >= 0.6 is 0 Å². The zero-order valence-corrected chi connectivity index (χ0v) is 8.38. The number of carbonyl (C=O) groups is 1. The summed E-state index contributed by atoms with van der Waals surface area (Å²) in [6.07, 6.45) is 1.55. The number of nitrogens with zero attached hydrogens (tertiary/aromatic N) is 3.